The Morgan fingerprint density at radius 3 is 1.21 bits per heavy atom. The van der Waals surface area contributed by atoms with Gasteiger partial charge in [0.1, 0.15) is 42.7 Å². The maximum Gasteiger partial charge on any atom is 0.472 e. The predicted molar refractivity (Wildman–Crippen MR) is 285 cm³/mol. The van der Waals surface area contributed by atoms with Crippen LogP contribution in [-0.2, 0) is 27.9 Å². The molecule has 0 aliphatic heterocycles. The number of rotatable bonds is 48. The lowest BCUT2D eigenvalue weighted by molar-refractivity contribution is -0.220. The summed E-state index contributed by atoms with van der Waals surface area (Å²) < 4.78 is 34.4. The third-order valence-electron chi connectivity index (χ3n) is 12.9. The van der Waals surface area contributed by atoms with Crippen molar-refractivity contribution in [3.63, 3.8) is 0 Å². The molecule has 408 valence electrons. The van der Waals surface area contributed by atoms with E-state index in [1.165, 1.54) is 122 Å². The second kappa shape index (κ2) is 46.8. The average molecular weight is 1010 g/mol. The van der Waals surface area contributed by atoms with Crippen molar-refractivity contribution in [3.8, 4) is 0 Å². The smallest absolute Gasteiger partial charge is 0.457 e. The molecule has 6 atom stereocenters. The highest BCUT2D eigenvalue weighted by atomic mass is 31.2. The molecule has 12 nitrogen and oxygen atoms in total. The first-order chi connectivity index (χ1) is 34.0. The number of phosphoric ester groups is 1. The van der Waals surface area contributed by atoms with Crippen LogP contribution in [-0.4, -0.2) is 98.9 Å². The van der Waals surface area contributed by atoms with Crippen molar-refractivity contribution < 1.29 is 58.3 Å². The van der Waals surface area contributed by atoms with Gasteiger partial charge < -0.3 is 39.9 Å². The zero-order chi connectivity index (χ0) is 51.2. The van der Waals surface area contributed by atoms with Crippen molar-refractivity contribution >= 4 is 13.8 Å². The minimum absolute atomic E-state index is 0.0858. The van der Waals surface area contributed by atoms with Gasteiger partial charge in [-0.25, -0.2) is 4.57 Å². The molecular weight excluding hydrogens is 908 g/mol. The van der Waals surface area contributed by atoms with Crippen molar-refractivity contribution in [1.82, 2.24) is 0 Å². The number of carbonyl (C=O) groups excluding carboxylic acids is 1. The molecule has 0 bridgehead atoms. The maximum atomic E-state index is 12.9. The van der Waals surface area contributed by atoms with Gasteiger partial charge in [0.25, 0.3) is 0 Å². The van der Waals surface area contributed by atoms with Gasteiger partial charge in [-0.15, -0.1) is 0 Å². The summed E-state index contributed by atoms with van der Waals surface area (Å²) in [4.78, 5) is 23.3. The summed E-state index contributed by atoms with van der Waals surface area (Å²) in [5.74, 6) is -0.490. The molecule has 1 aliphatic rings. The SMILES string of the molecule is CCCCCCC/C=C\C/C=C\C/C=C\CCCCCCCCC(=O)OC(COCCCCCCCCCCCC/C=C\C/C=C\CCCCCCC)COP(=O)(O)OC1C(O)C(O)C(O)C(O)C1O. The molecule has 1 fully saturated rings. The summed E-state index contributed by atoms with van der Waals surface area (Å²) in [7, 11) is -5.03. The van der Waals surface area contributed by atoms with Crippen LogP contribution in [0.4, 0.5) is 0 Å². The lowest BCUT2D eigenvalue weighted by atomic mass is 9.85. The van der Waals surface area contributed by atoms with Gasteiger partial charge in [-0.05, 0) is 83.5 Å². The van der Waals surface area contributed by atoms with Crippen LogP contribution in [0.25, 0.3) is 0 Å². The summed E-state index contributed by atoms with van der Waals surface area (Å²) >= 11 is 0. The molecule has 0 aromatic heterocycles. The van der Waals surface area contributed by atoms with E-state index >= 15 is 0 Å². The minimum atomic E-state index is -5.03. The Morgan fingerprint density at radius 1 is 0.457 bits per heavy atom. The molecule has 13 heteroatoms. The summed E-state index contributed by atoms with van der Waals surface area (Å²) in [6.45, 7) is 4.24. The number of allylic oxidation sites excluding steroid dienone is 10. The highest BCUT2D eigenvalue weighted by Crippen LogP contribution is 2.47. The van der Waals surface area contributed by atoms with E-state index in [2.05, 4.69) is 74.6 Å². The molecule has 6 unspecified atom stereocenters. The minimum Gasteiger partial charge on any atom is -0.457 e. The number of unbranched alkanes of at least 4 members (excludes halogenated alkanes) is 26. The van der Waals surface area contributed by atoms with E-state index in [0.29, 0.717) is 13.0 Å². The zero-order valence-electron chi connectivity index (χ0n) is 44.1. The van der Waals surface area contributed by atoms with Crippen molar-refractivity contribution in [2.75, 3.05) is 19.8 Å². The van der Waals surface area contributed by atoms with Gasteiger partial charge in [0.15, 0.2) is 0 Å². The number of aliphatic hydroxyl groups excluding tert-OH is 5. The van der Waals surface area contributed by atoms with Gasteiger partial charge in [0.05, 0.1) is 13.2 Å². The highest BCUT2D eigenvalue weighted by Gasteiger charge is 2.51. The van der Waals surface area contributed by atoms with Gasteiger partial charge in [0, 0.05) is 13.0 Å². The van der Waals surface area contributed by atoms with E-state index in [4.69, 9.17) is 18.5 Å². The van der Waals surface area contributed by atoms with E-state index in [0.717, 1.165) is 83.5 Å². The van der Waals surface area contributed by atoms with Gasteiger partial charge in [-0.1, -0.05) is 203 Å². The molecule has 1 rings (SSSR count). The Labute approximate surface area is 426 Å². The van der Waals surface area contributed by atoms with Crippen LogP contribution in [0.5, 0.6) is 0 Å². The summed E-state index contributed by atoms with van der Waals surface area (Å²) in [6.07, 6.45) is 48.5. The molecule has 1 aliphatic carbocycles. The van der Waals surface area contributed by atoms with Crippen LogP contribution >= 0.6 is 7.82 Å². The maximum absolute atomic E-state index is 12.9. The number of esters is 1. The zero-order valence-corrected chi connectivity index (χ0v) is 45.0. The first-order valence-electron chi connectivity index (χ1n) is 28.1. The van der Waals surface area contributed by atoms with Crippen LogP contribution in [0.2, 0.25) is 0 Å². The van der Waals surface area contributed by atoms with Crippen LogP contribution in [0, 0.1) is 0 Å². The Bertz CT molecular complexity index is 1380. The molecule has 0 aromatic rings. The number of hydrogen-bond acceptors (Lipinski definition) is 11. The molecule has 70 heavy (non-hydrogen) atoms. The monoisotopic (exact) mass is 1010 g/mol. The lowest BCUT2D eigenvalue weighted by Gasteiger charge is -2.41. The van der Waals surface area contributed by atoms with E-state index in [1.807, 2.05) is 0 Å². The number of ether oxygens (including phenoxy) is 2. The fourth-order valence-electron chi connectivity index (χ4n) is 8.39. The fourth-order valence-corrected chi connectivity index (χ4v) is 9.37. The Hall–Kier alpha value is -1.96. The number of carbonyl (C=O) groups is 1. The normalized spacial score (nSPS) is 21.3. The highest BCUT2D eigenvalue weighted by molar-refractivity contribution is 7.47. The number of hydrogen-bond donors (Lipinski definition) is 6. The first kappa shape index (κ1) is 66.1. The molecule has 0 saturated heterocycles. The molecule has 0 radical (unpaired) electrons. The van der Waals surface area contributed by atoms with Crippen molar-refractivity contribution in [3.05, 3.63) is 60.8 Å². The molecular formula is C57H103O12P. The summed E-state index contributed by atoms with van der Waals surface area (Å²) in [6, 6.07) is 0. The Morgan fingerprint density at radius 2 is 0.800 bits per heavy atom. The van der Waals surface area contributed by atoms with Gasteiger partial charge in [-0.2, -0.15) is 0 Å². The van der Waals surface area contributed by atoms with Crippen LogP contribution in [0.15, 0.2) is 60.8 Å². The van der Waals surface area contributed by atoms with Crippen LogP contribution in [0.1, 0.15) is 232 Å². The Balaban J connectivity index is 2.32. The fraction of sp³-hybridized carbons (Fsp3) is 0.807. The second-order valence-corrected chi connectivity index (χ2v) is 20.8. The summed E-state index contributed by atoms with van der Waals surface area (Å²) in [5.41, 5.74) is 0. The molecule has 0 amide bonds. The van der Waals surface area contributed by atoms with Crippen molar-refractivity contribution in [1.29, 1.82) is 0 Å². The van der Waals surface area contributed by atoms with Crippen molar-refractivity contribution in [2.24, 2.45) is 0 Å². The van der Waals surface area contributed by atoms with E-state index in [1.54, 1.807) is 0 Å². The molecule has 0 heterocycles. The van der Waals surface area contributed by atoms with Gasteiger partial charge in [0.2, 0.25) is 0 Å². The lowest BCUT2D eigenvalue weighted by Crippen LogP contribution is -2.64. The molecule has 1 saturated carbocycles. The quantitative estimate of drug-likeness (QED) is 0.0146. The van der Waals surface area contributed by atoms with E-state index < -0.39 is 63.1 Å². The third kappa shape index (κ3) is 37.7. The number of aliphatic hydroxyl groups is 5. The predicted octanol–water partition coefficient (Wildman–Crippen LogP) is 13.3. The molecule has 0 spiro atoms. The van der Waals surface area contributed by atoms with E-state index in [9.17, 15) is 39.8 Å². The summed E-state index contributed by atoms with van der Waals surface area (Å²) in [5, 5.41) is 50.4. The molecule has 0 aromatic carbocycles. The largest absolute Gasteiger partial charge is 0.472 e. The van der Waals surface area contributed by atoms with E-state index in [-0.39, 0.29) is 13.0 Å². The number of phosphoric acid groups is 1. The second-order valence-electron chi connectivity index (χ2n) is 19.4. The van der Waals surface area contributed by atoms with Gasteiger partial charge in [-0.3, -0.25) is 13.8 Å². The molecule has 6 N–H and O–H groups in total. The Kier molecular flexibility index (Phi) is 44.2. The van der Waals surface area contributed by atoms with Crippen molar-refractivity contribution in [2.45, 2.75) is 275 Å². The third-order valence-corrected chi connectivity index (χ3v) is 13.8. The first-order valence-corrected chi connectivity index (χ1v) is 29.6. The average Bonchev–Trinajstić information content (AvgIpc) is 3.35. The van der Waals surface area contributed by atoms with Crippen LogP contribution < -0.4 is 0 Å². The van der Waals surface area contributed by atoms with Gasteiger partial charge >= 0.3 is 13.8 Å². The standard InChI is InChI=1S/C57H103O12P/c1-3-5-7-9-11-13-15-17-19-21-23-25-27-29-31-33-35-37-39-41-43-45-47-66-48-50(49-67-70(64,65)69-57-55(62)53(60)52(59)54(61)56(57)63)68-51(58)46-44-42-40-38-36-34-32-30-28-26-24-22-20-18-16-14-12-10-8-6-4-2/h15-18,21-24,28,30,50,52-57,59-63H,3-14,19-20,25-27,29,31-49H2,1-2H3,(H,64,65)/b17-15-,18-16-,23-21-,24-22-,30-28-. The van der Waals surface area contributed by atoms with Crippen LogP contribution in [0.3, 0.4) is 0 Å². The topological polar surface area (TPSA) is 192 Å².